The van der Waals surface area contributed by atoms with Crippen LogP contribution in [0.2, 0.25) is 0 Å². The standard InChI is InChI=1S/C23H31N7O4S/c1-15(2)34-19(20-25-11-16(3)12-26-20)17(4)35(31,32)29-22-28-27-21(18-7-6-10-24-13-18)30(22)23(8-9-23)14-33-5/h6-7,10-13,15,17,19H,8-9,14H2,1-5H3,(H,28,29). The first-order chi connectivity index (χ1) is 16.7. The molecule has 1 aliphatic carbocycles. The molecule has 2 atom stereocenters. The Morgan fingerprint density at radius 2 is 1.86 bits per heavy atom. The van der Waals surface area contributed by atoms with Crippen molar-refractivity contribution < 1.29 is 17.9 Å². The van der Waals surface area contributed by atoms with E-state index in [9.17, 15) is 8.42 Å². The summed E-state index contributed by atoms with van der Waals surface area (Å²) in [5, 5.41) is 7.52. The number of hydrogen-bond acceptors (Lipinski definition) is 9. The molecule has 12 heteroatoms. The second kappa shape index (κ2) is 9.96. The number of ether oxygens (including phenoxy) is 2. The molecule has 3 heterocycles. The summed E-state index contributed by atoms with van der Waals surface area (Å²) in [5.74, 6) is 0.950. The molecule has 4 rings (SSSR count). The van der Waals surface area contributed by atoms with E-state index < -0.39 is 26.9 Å². The Bertz CT molecular complexity index is 1240. The lowest BCUT2D eigenvalue weighted by Gasteiger charge is -2.26. The zero-order valence-electron chi connectivity index (χ0n) is 20.5. The maximum atomic E-state index is 13.6. The van der Waals surface area contributed by atoms with Gasteiger partial charge in [0.2, 0.25) is 16.0 Å². The van der Waals surface area contributed by atoms with Crippen LogP contribution >= 0.6 is 0 Å². The van der Waals surface area contributed by atoms with Gasteiger partial charge in [0.1, 0.15) is 11.4 Å². The zero-order chi connectivity index (χ0) is 25.2. The van der Waals surface area contributed by atoms with E-state index in [1.807, 2.05) is 31.4 Å². The van der Waals surface area contributed by atoms with Gasteiger partial charge in [-0.3, -0.25) is 14.3 Å². The van der Waals surface area contributed by atoms with E-state index in [1.165, 1.54) is 0 Å². The van der Waals surface area contributed by atoms with E-state index >= 15 is 0 Å². The third kappa shape index (κ3) is 5.34. The summed E-state index contributed by atoms with van der Waals surface area (Å²) >= 11 is 0. The molecular weight excluding hydrogens is 470 g/mol. The number of anilines is 1. The SMILES string of the molecule is COCC1(n2c(NS(=O)(=O)C(C)C(OC(C)C)c3ncc(C)cn3)nnc2-c2cccnc2)CC1. The molecular formula is C23H31N7O4S. The summed E-state index contributed by atoms with van der Waals surface area (Å²) in [5.41, 5.74) is 1.17. The Balaban J connectivity index is 1.70. The highest BCUT2D eigenvalue weighted by molar-refractivity contribution is 7.93. The molecule has 1 saturated carbocycles. The smallest absolute Gasteiger partial charge is 0.240 e. The minimum Gasteiger partial charge on any atom is -0.382 e. The Morgan fingerprint density at radius 3 is 2.43 bits per heavy atom. The quantitative estimate of drug-likeness (QED) is 0.421. The number of hydrogen-bond donors (Lipinski definition) is 1. The van der Waals surface area contributed by atoms with Crippen LogP contribution in [-0.4, -0.2) is 63.2 Å². The molecule has 2 unspecified atom stereocenters. The van der Waals surface area contributed by atoms with Crippen LogP contribution in [0, 0.1) is 6.92 Å². The molecule has 0 aromatic carbocycles. The summed E-state index contributed by atoms with van der Waals surface area (Å²) in [6.45, 7) is 7.52. The van der Waals surface area contributed by atoms with Gasteiger partial charge in [-0.05, 0) is 58.2 Å². The number of rotatable bonds is 11. The van der Waals surface area contributed by atoms with Crippen LogP contribution in [0.1, 0.15) is 51.1 Å². The zero-order valence-corrected chi connectivity index (χ0v) is 21.4. The molecule has 1 N–H and O–H groups in total. The lowest BCUT2D eigenvalue weighted by Crippen LogP contribution is -2.36. The van der Waals surface area contributed by atoms with E-state index in [1.54, 1.807) is 44.9 Å². The van der Waals surface area contributed by atoms with Gasteiger partial charge in [-0.1, -0.05) is 0 Å². The van der Waals surface area contributed by atoms with Crippen molar-refractivity contribution in [2.24, 2.45) is 0 Å². The molecule has 0 radical (unpaired) electrons. The largest absolute Gasteiger partial charge is 0.382 e. The minimum absolute atomic E-state index is 0.123. The highest BCUT2D eigenvalue weighted by Gasteiger charge is 2.49. The summed E-state index contributed by atoms with van der Waals surface area (Å²) in [6.07, 6.45) is 7.13. The Hall–Kier alpha value is -2.96. The summed E-state index contributed by atoms with van der Waals surface area (Å²) in [4.78, 5) is 12.8. The third-order valence-corrected chi connectivity index (χ3v) is 7.61. The average Bonchev–Trinajstić information content (AvgIpc) is 3.48. The van der Waals surface area contributed by atoms with Crippen LogP contribution in [0.25, 0.3) is 11.4 Å². The van der Waals surface area contributed by atoms with Crippen LogP contribution in [-0.2, 0) is 25.0 Å². The molecule has 0 saturated heterocycles. The minimum atomic E-state index is -3.99. The maximum Gasteiger partial charge on any atom is 0.240 e. The van der Waals surface area contributed by atoms with Gasteiger partial charge in [0.15, 0.2) is 11.6 Å². The average molecular weight is 502 g/mol. The predicted molar refractivity (Wildman–Crippen MR) is 130 cm³/mol. The molecule has 3 aromatic rings. The summed E-state index contributed by atoms with van der Waals surface area (Å²) < 4.78 is 43.1. The van der Waals surface area contributed by atoms with E-state index in [4.69, 9.17) is 9.47 Å². The number of pyridine rings is 1. The molecule has 1 aliphatic rings. The number of nitrogens with one attached hydrogen (secondary N) is 1. The second-order valence-corrected chi connectivity index (χ2v) is 11.2. The Morgan fingerprint density at radius 1 is 1.14 bits per heavy atom. The van der Waals surface area contributed by atoms with Gasteiger partial charge in [-0.25, -0.2) is 18.4 Å². The van der Waals surface area contributed by atoms with E-state index in [-0.39, 0.29) is 12.1 Å². The van der Waals surface area contributed by atoms with Gasteiger partial charge in [0.05, 0.1) is 18.2 Å². The molecule has 1 fully saturated rings. The van der Waals surface area contributed by atoms with Gasteiger partial charge in [-0.15, -0.1) is 10.2 Å². The first-order valence-electron chi connectivity index (χ1n) is 11.5. The molecule has 188 valence electrons. The first-order valence-corrected chi connectivity index (χ1v) is 13.0. The molecule has 11 nitrogen and oxygen atoms in total. The highest BCUT2D eigenvalue weighted by Crippen LogP contribution is 2.47. The number of aromatic nitrogens is 6. The second-order valence-electron chi connectivity index (χ2n) is 9.16. The number of sulfonamides is 1. The fourth-order valence-corrected chi connectivity index (χ4v) is 5.02. The van der Waals surface area contributed by atoms with Gasteiger partial charge in [-0.2, -0.15) is 0 Å². The first kappa shape index (κ1) is 25.1. The van der Waals surface area contributed by atoms with Gasteiger partial charge >= 0.3 is 0 Å². The topological polar surface area (TPSA) is 134 Å². The van der Waals surface area contributed by atoms with Crippen molar-refractivity contribution in [1.82, 2.24) is 29.7 Å². The number of nitrogens with zero attached hydrogens (tertiary/aromatic N) is 6. The van der Waals surface area contributed by atoms with Gasteiger partial charge in [0, 0.05) is 37.5 Å². The lowest BCUT2D eigenvalue weighted by atomic mass is 10.2. The molecule has 0 aliphatic heterocycles. The molecule has 0 bridgehead atoms. The molecule has 0 amide bonds. The monoisotopic (exact) mass is 501 g/mol. The summed E-state index contributed by atoms with van der Waals surface area (Å²) in [7, 11) is -2.37. The van der Waals surface area contributed by atoms with Crippen LogP contribution in [0.3, 0.4) is 0 Å². The van der Waals surface area contributed by atoms with Gasteiger partial charge < -0.3 is 9.47 Å². The van der Waals surface area contributed by atoms with Crippen molar-refractivity contribution in [2.75, 3.05) is 18.4 Å². The maximum absolute atomic E-state index is 13.6. The van der Waals surface area contributed by atoms with Crippen molar-refractivity contribution in [3.8, 4) is 11.4 Å². The third-order valence-electron chi connectivity index (χ3n) is 5.92. The van der Waals surface area contributed by atoms with E-state index in [0.717, 1.165) is 24.0 Å². The van der Waals surface area contributed by atoms with Crippen molar-refractivity contribution >= 4 is 16.0 Å². The molecule has 3 aromatic heterocycles. The van der Waals surface area contributed by atoms with Crippen LogP contribution in [0.15, 0.2) is 36.9 Å². The normalized spacial score (nSPS) is 16.7. The van der Waals surface area contributed by atoms with E-state index in [2.05, 4.69) is 29.9 Å². The van der Waals surface area contributed by atoms with Crippen LogP contribution < -0.4 is 4.72 Å². The fraction of sp³-hybridized carbons (Fsp3) is 0.522. The summed E-state index contributed by atoms with van der Waals surface area (Å²) in [6, 6.07) is 3.66. The number of methoxy groups -OCH3 is 1. The van der Waals surface area contributed by atoms with Crippen molar-refractivity contribution in [3.05, 3.63) is 48.3 Å². The van der Waals surface area contributed by atoms with Crippen molar-refractivity contribution in [3.63, 3.8) is 0 Å². The van der Waals surface area contributed by atoms with Crippen molar-refractivity contribution in [1.29, 1.82) is 0 Å². The Labute approximate surface area is 205 Å². The molecule has 0 spiro atoms. The number of aryl methyl sites for hydroxylation is 1. The lowest BCUT2D eigenvalue weighted by molar-refractivity contribution is 0.00152. The predicted octanol–water partition coefficient (Wildman–Crippen LogP) is 2.87. The van der Waals surface area contributed by atoms with Crippen LogP contribution in [0.5, 0.6) is 0 Å². The highest BCUT2D eigenvalue weighted by atomic mass is 32.2. The van der Waals surface area contributed by atoms with E-state index in [0.29, 0.717) is 18.3 Å². The van der Waals surface area contributed by atoms with Crippen molar-refractivity contribution in [2.45, 2.75) is 63.5 Å². The molecule has 35 heavy (non-hydrogen) atoms. The fourth-order valence-electron chi connectivity index (χ4n) is 3.93. The van der Waals surface area contributed by atoms with Gasteiger partial charge in [0.25, 0.3) is 0 Å². The Kier molecular flexibility index (Phi) is 7.15. The van der Waals surface area contributed by atoms with Crippen LogP contribution in [0.4, 0.5) is 5.95 Å².